The van der Waals surface area contributed by atoms with E-state index in [0.717, 1.165) is 65.9 Å². The Morgan fingerprint density at radius 3 is 1.24 bits per heavy atom. The van der Waals surface area contributed by atoms with E-state index in [4.69, 9.17) is 40.0 Å². The lowest BCUT2D eigenvalue weighted by Gasteiger charge is -2.06. The molecule has 11 rings (SSSR count). The number of rotatable bonds is 1. The molecule has 1 radical (unpaired) electrons. The van der Waals surface area contributed by atoms with E-state index in [1.807, 2.05) is 63.7 Å². The van der Waals surface area contributed by atoms with Crippen LogP contribution in [0, 0.1) is 0 Å². The van der Waals surface area contributed by atoms with Gasteiger partial charge in [-0.25, -0.2) is 40.0 Å². The molecule has 10 heteroatoms. The van der Waals surface area contributed by atoms with Crippen molar-refractivity contribution >= 4 is 90.2 Å². The minimum atomic E-state index is -0.773. The van der Waals surface area contributed by atoms with Gasteiger partial charge < -0.3 is 8.12 Å². The van der Waals surface area contributed by atoms with Gasteiger partial charge in [-0.3, -0.25) is 0 Å². The normalized spacial score (nSPS) is 12.1. The number of halogens is 1. The van der Waals surface area contributed by atoms with Gasteiger partial charge in [0.15, 0.2) is 23.3 Å². The molecule has 0 saturated carbocycles. The van der Waals surface area contributed by atoms with Crippen molar-refractivity contribution in [3.05, 3.63) is 121 Å². The zero-order chi connectivity index (χ0) is 33.8. The molecule has 6 aromatic carbocycles. The standard InChI is InChI=1S/C41H23N8.Al.ClH/c1-49-40-30-16-8-9-17-31(30)41(49)48-39-33-21-25-19-23-11-3-2-10-22(23)18-24(25)20-32(33)38(46-39)45-36-27-13-5-4-12-26(27)34(43-36)42-35-28-14-6-7-15-29(28)37(44-35)47-40;;/h2-21H,1H3;;1H/q-1;+2;/p-1. The lowest BCUT2D eigenvalue weighted by molar-refractivity contribution is 0.966. The summed E-state index contributed by atoms with van der Waals surface area (Å²) in [6.45, 7) is 0. The Balaban J connectivity index is 1.36. The van der Waals surface area contributed by atoms with Crippen LogP contribution in [0.3, 0.4) is 0 Å². The van der Waals surface area contributed by atoms with E-state index < -0.39 is 14.5 Å². The zero-order valence-corrected chi connectivity index (χ0v) is 29.0. The molecule has 0 fully saturated rings. The lowest BCUT2D eigenvalue weighted by atomic mass is 9.98. The summed E-state index contributed by atoms with van der Waals surface area (Å²) in [7, 11) is 8.86. The maximum Gasteiger partial charge on any atom is 0.526 e. The molecule has 9 aromatic rings. The van der Waals surface area contributed by atoms with Crippen LogP contribution in [0.25, 0.3) is 111 Å². The fourth-order valence-corrected chi connectivity index (χ4v) is 8.71. The Kier molecular flexibility index (Phi) is 6.08. The van der Waals surface area contributed by atoms with Gasteiger partial charge in [0, 0.05) is 50.8 Å². The SMILES string of the molecule is Cn1c2nc3nc(nc4c5ccccc5c(nc5nc(nc1c1ccccc12)-c1cc2cc6ccccc6cc2cc1-5)[n]4[Al][Cl])-c1ccccc1-3. The average Bonchev–Trinajstić information content (AvgIpc) is 3.86. The second-order valence-corrected chi connectivity index (χ2v) is 14.2. The molecule has 3 aromatic heterocycles. The lowest BCUT2D eigenvalue weighted by Crippen LogP contribution is -2.01. The first kappa shape index (κ1) is 28.8. The number of hydrogen-bond acceptors (Lipinski definition) is 6. The third-order valence-electron chi connectivity index (χ3n) is 10.0. The van der Waals surface area contributed by atoms with Crippen LogP contribution in [0.2, 0.25) is 0 Å². The summed E-state index contributed by atoms with van der Waals surface area (Å²) < 4.78 is 4.05. The molecule has 5 heterocycles. The van der Waals surface area contributed by atoms with Crippen molar-refractivity contribution in [1.29, 1.82) is 0 Å². The van der Waals surface area contributed by atoms with Crippen molar-refractivity contribution in [1.82, 2.24) is 38.0 Å². The highest BCUT2D eigenvalue weighted by atomic mass is 35.6. The average molecular weight is 690 g/mol. The Hall–Kier alpha value is -5.98. The van der Waals surface area contributed by atoms with E-state index in [9.17, 15) is 0 Å². The minimum absolute atomic E-state index is 0.578. The van der Waals surface area contributed by atoms with Gasteiger partial charge in [0.05, 0.1) is 0 Å². The first-order valence-corrected chi connectivity index (χ1v) is 18.9. The van der Waals surface area contributed by atoms with Crippen molar-refractivity contribution in [3.8, 4) is 45.6 Å². The Morgan fingerprint density at radius 2 is 0.784 bits per heavy atom. The molecule has 8 bridgehead atoms. The van der Waals surface area contributed by atoms with Crippen LogP contribution < -0.4 is 0 Å². The van der Waals surface area contributed by atoms with Gasteiger partial charge in [-0.05, 0) is 45.8 Å². The van der Waals surface area contributed by atoms with Crippen molar-refractivity contribution in [2.75, 3.05) is 0 Å². The summed E-state index contributed by atoms with van der Waals surface area (Å²) in [5.41, 5.74) is 6.59. The quantitative estimate of drug-likeness (QED) is 0.126. The molecule has 2 aliphatic rings. The molecule has 0 spiro atoms. The van der Waals surface area contributed by atoms with Crippen LogP contribution in [0.4, 0.5) is 0 Å². The predicted molar refractivity (Wildman–Crippen MR) is 206 cm³/mol. The van der Waals surface area contributed by atoms with Crippen molar-refractivity contribution in [2.24, 2.45) is 7.05 Å². The summed E-state index contributed by atoms with van der Waals surface area (Å²) in [5, 5.41) is 8.40. The molecule has 2 aliphatic heterocycles. The first-order chi connectivity index (χ1) is 25.1. The highest BCUT2D eigenvalue weighted by molar-refractivity contribution is 6.93. The van der Waals surface area contributed by atoms with Crippen LogP contribution in [0.5, 0.6) is 0 Å². The van der Waals surface area contributed by atoms with Crippen molar-refractivity contribution < 1.29 is 0 Å². The van der Waals surface area contributed by atoms with E-state index >= 15 is 0 Å². The topological polar surface area (TPSA) is 87.2 Å². The maximum atomic E-state index is 6.86. The summed E-state index contributed by atoms with van der Waals surface area (Å²) in [4.78, 5) is 31.4. The van der Waals surface area contributed by atoms with Gasteiger partial charge in [0.1, 0.15) is 22.6 Å². The Morgan fingerprint density at radius 1 is 0.412 bits per heavy atom. The first-order valence-electron chi connectivity index (χ1n) is 16.6. The van der Waals surface area contributed by atoms with Gasteiger partial charge in [-0.15, -0.1) is 0 Å². The van der Waals surface area contributed by atoms with Crippen molar-refractivity contribution in [3.63, 3.8) is 0 Å². The van der Waals surface area contributed by atoms with Gasteiger partial charge in [0.25, 0.3) is 0 Å². The Labute approximate surface area is 300 Å². The fourth-order valence-electron chi connectivity index (χ4n) is 7.58. The van der Waals surface area contributed by atoms with Crippen LogP contribution in [0.1, 0.15) is 0 Å². The molecule has 237 valence electrons. The van der Waals surface area contributed by atoms with Crippen molar-refractivity contribution in [2.45, 2.75) is 0 Å². The number of fused-ring (bicyclic) bond motifs is 22. The predicted octanol–water partition coefficient (Wildman–Crippen LogP) is 9.28. The summed E-state index contributed by atoms with van der Waals surface area (Å²) in [6.07, 6.45) is 0. The summed E-state index contributed by atoms with van der Waals surface area (Å²) in [5.74, 6) is 2.35. The van der Waals surface area contributed by atoms with Crippen LogP contribution in [-0.2, 0) is 7.05 Å². The molecule has 0 amide bonds. The summed E-state index contributed by atoms with van der Waals surface area (Å²) >= 11 is -0.773. The number of benzene rings is 6. The zero-order valence-electron chi connectivity index (χ0n) is 27.1. The maximum absolute atomic E-state index is 6.86. The highest BCUT2D eigenvalue weighted by Crippen LogP contribution is 2.40. The third kappa shape index (κ3) is 4.20. The number of aryl methyl sites for hydroxylation is 1. The fraction of sp³-hybridized carbons (Fsp3) is 0.0244. The smallest absolute Gasteiger partial charge is 0.395 e. The van der Waals surface area contributed by atoms with E-state index in [-0.39, 0.29) is 0 Å². The number of nitrogens with zero attached hydrogens (tertiary/aromatic N) is 8. The number of hydrogen-bond donors (Lipinski definition) is 0. The van der Waals surface area contributed by atoms with E-state index in [0.29, 0.717) is 34.6 Å². The number of aromatic nitrogens is 8. The molecule has 51 heavy (non-hydrogen) atoms. The minimum Gasteiger partial charge on any atom is -0.395 e. The molecule has 0 aliphatic carbocycles. The second kappa shape index (κ2) is 10.8. The van der Waals surface area contributed by atoms with Crippen LogP contribution >= 0.6 is 10.0 Å². The van der Waals surface area contributed by atoms with E-state index in [1.54, 1.807) is 0 Å². The molecule has 0 N–H and O–H groups in total. The molecule has 0 unspecified atom stereocenters. The van der Waals surface area contributed by atoms with Crippen LogP contribution in [-0.4, -0.2) is 52.5 Å². The van der Waals surface area contributed by atoms with Gasteiger partial charge >= 0.3 is 14.5 Å². The highest BCUT2D eigenvalue weighted by Gasteiger charge is 2.24. The molecular formula is C41H23AlClN8. The largest absolute Gasteiger partial charge is 0.526 e. The van der Waals surface area contributed by atoms with E-state index in [2.05, 4.69) is 72.8 Å². The Bertz CT molecular complexity index is 3170. The third-order valence-corrected chi connectivity index (χ3v) is 11.3. The molecular weight excluding hydrogens is 667 g/mol. The summed E-state index contributed by atoms with van der Waals surface area (Å²) in [6, 6.07) is 41.8. The molecule has 8 nitrogen and oxygen atoms in total. The van der Waals surface area contributed by atoms with Gasteiger partial charge in [0.2, 0.25) is 0 Å². The monoisotopic (exact) mass is 689 g/mol. The second-order valence-electron chi connectivity index (χ2n) is 12.9. The molecule has 0 saturated heterocycles. The van der Waals surface area contributed by atoms with E-state index in [1.165, 1.54) is 10.8 Å². The van der Waals surface area contributed by atoms with Gasteiger partial charge in [-0.2, -0.15) is 0 Å². The van der Waals surface area contributed by atoms with Gasteiger partial charge in [-0.1, -0.05) is 97.1 Å². The molecule has 0 atom stereocenters. The van der Waals surface area contributed by atoms with Crippen LogP contribution in [0.15, 0.2) is 121 Å².